The Morgan fingerprint density at radius 1 is 1.22 bits per heavy atom. The molecule has 4 nitrogen and oxygen atoms in total. The maximum Gasteiger partial charge on any atom is 0.317 e. The van der Waals surface area contributed by atoms with Gasteiger partial charge in [0.05, 0.1) is 6.54 Å². The lowest BCUT2D eigenvalue weighted by atomic mass is 10.1. The van der Waals surface area contributed by atoms with Crippen molar-refractivity contribution in [3.63, 3.8) is 0 Å². The first-order chi connectivity index (χ1) is 11.2. The van der Waals surface area contributed by atoms with Gasteiger partial charge in [-0.15, -0.1) is 11.3 Å². The summed E-state index contributed by atoms with van der Waals surface area (Å²) < 4.78 is 0. The second-order valence-electron chi connectivity index (χ2n) is 5.92. The number of rotatable bonds is 5. The number of benzene rings is 1. The first kappa shape index (κ1) is 15.9. The molecule has 23 heavy (non-hydrogen) atoms. The molecule has 1 aliphatic rings. The fraction of sp³-hybridized carbons (Fsp3) is 0.389. The summed E-state index contributed by atoms with van der Waals surface area (Å²) in [5.41, 5.74) is 2.48. The van der Waals surface area contributed by atoms with Gasteiger partial charge in [0.2, 0.25) is 0 Å². The minimum atomic E-state index is -0.0328. The molecule has 1 aromatic heterocycles. The van der Waals surface area contributed by atoms with Crippen molar-refractivity contribution < 1.29 is 4.79 Å². The van der Waals surface area contributed by atoms with E-state index in [0.717, 1.165) is 13.1 Å². The lowest BCUT2D eigenvalue weighted by Crippen LogP contribution is -2.36. The van der Waals surface area contributed by atoms with E-state index in [4.69, 9.17) is 0 Å². The van der Waals surface area contributed by atoms with Gasteiger partial charge >= 0.3 is 6.03 Å². The van der Waals surface area contributed by atoms with Gasteiger partial charge < -0.3 is 15.1 Å². The Bertz CT molecular complexity index is 635. The highest BCUT2D eigenvalue weighted by Crippen LogP contribution is 2.25. The van der Waals surface area contributed by atoms with Gasteiger partial charge in [-0.25, -0.2) is 4.79 Å². The largest absolute Gasteiger partial charge is 0.371 e. The highest BCUT2D eigenvalue weighted by atomic mass is 32.1. The lowest BCUT2D eigenvalue weighted by Gasteiger charge is -2.24. The first-order valence-corrected chi connectivity index (χ1v) is 8.96. The molecule has 5 heteroatoms. The number of urea groups is 1. The van der Waals surface area contributed by atoms with Gasteiger partial charge in [0, 0.05) is 37.2 Å². The molecule has 0 atom stereocenters. The average molecular weight is 329 g/mol. The first-order valence-electron chi connectivity index (χ1n) is 8.08. The van der Waals surface area contributed by atoms with E-state index in [9.17, 15) is 4.79 Å². The molecule has 1 aromatic carbocycles. The Morgan fingerprint density at radius 2 is 2.00 bits per heavy atom. The minimum absolute atomic E-state index is 0.0328. The minimum Gasteiger partial charge on any atom is -0.371 e. The van der Waals surface area contributed by atoms with Gasteiger partial charge in [0.15, 0.2) is 0 Å². The van der Waals surface area contributed by atoms with Crippen molar-refractivity contribution >= 4 is 23.1 Å². The Kier molecular flexibility index (Phi) is 5.18. The molecule has 1 saturated heterocycles. The second-order valence-corrected chi connectivity index (χ2v) is 6.95. The van der Waals surface area contributed by atoms with Crippen LogP contribution in [0.15, 0.2) is 41.8 Å². The van der Waals surface area contributed by atoms with Crippen molar-refractivity contribution in [2.75, 3.05) is 25.0 Å². The summed E-state index contributed by atoms with van der Waals surface area (Å²) in [4.78, 5) is 17.6. The number of nitrogens with zero attached hydrogens (tertiary/aromatic N) is 2. The second kappa shape index (κ2) is 7.51. The Labute approximate surface area is 141 Å². The van der Waals surface area contributed by atoms with Crippen molar-refractivity contribution in [2.45, 2.75) is 25.9 Å². The number of hydrogen-bond acceptors (Lipinski definition) is 3. The van der Waals surface area contributed by atoms with Gasteiger partial charge in [-0.2, -0.15) is 0 Å². The maximum atomic E-state index is 12.3. The van der Waals surface area contributed by atoms with E-state index in [1.807, 2.05) is 30.6 Å². The maximum absolute atomic E-state index is 12.3. The number of hydrogen-bond donors (Lipinski definition) is 1. The van der Waals surface area contributed by atoms with Crippen molar-refractivity contribution in [3.8, 4) is 0 Å². The van der Waals surface area contributed by atoms with Crippen molar-refractivity contribution in [3.05, 3.63) is 52.2 Å². The molecule has 2 heterocycles. The van der Waals surface area contributed by atoms with E-state index in [2.05, 4.69) is 28.4 Å². The number of carbonyl (C=O) groups is 1. The fourth-order valence-corrected chi connectivity index (χ4v) is 3.59. The van der Waals surface area contributed by atoms with Gasteiger partial charge in [-0.1, -0.05) is 24.3 Å². The topological polar surface area (TPSA) is 35.6 Å². The Morgan fingerprint density at radius 3 is 2.74 bits per heavy atom. The van der Waals surface area contributed by atoms with Crippen LogP contribution in [0.5, 0.6) is 0 Å². The Balaban J connectivity index is 1.60. The van der Waals surface area contributed by atoms with E-state index in [1.165, 1.54) is 29.0 Å². The molecule has 0 spiro atoms. The van der Waals surface area contributed by atoms with E-state index < -0.39 is 0 Å². The summed E-state index contributed by atoms with van der Waals surface area (Å²) in [6.07, 6.45) is 2.51. The molecule has 2 aromatic rings. The lowest BCUT2D eigenvalue weighted by molar-refractivity contribution is 0.206. The van der Waals surface area contributed by atoms with Gasteiger partial charge in [0.1, 0.15) is 0 Å². The summed E-state index contributed by atoms with van der Waals surface area (Å²) in [5, 5.41) is 5.00. The molecule has 1 fully saturated rings. The molecule has 0 bridgehead atoms. The monoisotopic (exact) mass is 329 g/mol. The zero-order chi connectivity index (χ0) is 16.1. The van der Waals surface area contributed by atoms with E-state index in [0.29, 0.717) is 13.1 Å². The van der Waals surface area contributed by atoms with Crippen LogP contribution in [-0.2, 0) is 13.1 Å². The quantitative estimate of drug-likeness (QED) is 0.908. The van der Waals surface area contributed by atoms with Gasteiger partial charge in [0.25, 0.3) is 0 Å². The van der Waals surface area contributed by atoms with E-state index in [1.54, 1.807) is 16.2 Å². The molecule has 1 N–H and O–H groups in total. The van der Waals surface area contributed by atoms with Gasteiger partial charge in [-0.3, -0.25) is 0 Å². The van der Waals surface area contributed by atoms with Crippen LogP contribution in [0.1, 0.15) is 23.3 Å². The van der Waals surface area contributed by atoms with E-state index in [-0.39, 0.29) is 6.03 Å². The standard InChI is InChI=1S/C18H23N3OS/c1-20(18(22)19-13-16-8-6-12-23-16)14-15-7-2-3-9-17(15)21-10-4-5-11-21/h2-3,6-9,12H,4-5,10-11,13-14H2,1H3,(H,19,22). The summed E-state index contributed by atoms with van der Waals surface area (Å²) in [5.74, 6) is 0. The number of carbonyl (C=O) groups excluding carboxylic acids is 1. The molecular formula is C18H23N3OS. The van der Waals surface area contributed by atoms with Crippen molar-refractivity contribution in [2.24, 2.45) is 0 Å². The molecule has 0 unspecified atom stereocenters. The average Bonchev–Trinajstić information content (AvgIpc) is 3.26. The zero-order valence-electron chi connectivity index (χ0n) is 13.5. The van der Waals surface area contributed by atoms with Crippen LogP contribution >= 0.6 is 11.3 Å². The molecule has 0 saturated carbocycles. The van der Waals surface area contributed by atoms with Crippen LogP contribution in [0, 0.1) is 0 Å². The fourth-order valence-electron chi connectivity index (χ4n) is 2.95. The third-order valence-electron chi connectivity index (χ3n) is 4.19. The summed E-state index contributed by atoms with van der Waals surface area (Å²) in [7, 11) is 1.85. The molecule has 122 valence electrons. The highest BCUT2D eigenvalue weighted by molar-refractivity contribution is 7.09. The summed E-state index contributed by atoms with van der Waals surface area (Å²) in [6, 6.07) is 12.4. The molecule has 2 amide bonds. The molecule has 3 rings (SSSR count). The number of para-hydroxylation sites is 1. The molecule has 0 aliphatic carbocycles. The number of amides is 2. The van der Waals surface area contributed by atoms with Crippen LogP contribution in [0.2, 0.25) is 0 Å². The highest BCUT2D eigenvalue weighted by Gasteiger charge is 2.17. The SMILES string of the molecule is CN(Cc1ccccc1N1CCCC1)C(=O)NCc1cccs1. The smallest absolute Gasteiger partial charge is 0.317 e. The number of anilines is 1. The predicted molar refractivity (Wildman–Crippen MR) is 95.9 cm³/mol. The van der Waals surface area contributed by atoms with Gasteiger partial charge in [-0.05, 0) is 35.9 Å². The van der Waals surface area contributed by atoms with Crippen LogP contribution in [0.4, 0.5) is 10.5 Å². The van der Waals surface area contributed by atoms with Crippen LogP contribution in [0.25, 0.3) is 0 Å². The molecular weight excluding hydrogens is 306 g/mol. The van der Waals surface area contributed by atoms with Crippen LogP contribution in [-0.4, -0.2) is 31.1 Å². The van der Waals surface area contributed by atoms with Crippen LogP contribution < -0.4 is 10.2 Å². The number of thiophene rings is 1. The van der Waals surface area contributed by atoms with Crippen LogP contribution in [0.3, 0.4) is 0 Å². The normalized spacial score (nSPS) is 14.0. The van der Waals surface area contributed by atoms with Crippen molar-refractivity contribution in [1.82, 2.24) is 10.2 Å². The number of nitrogens with one attached hydrogen (secondary N) is 1. The predicted octanol–water partition coefficient (Wildman–Crippen LogP) is 3.69. The third-order valence-corrected chi connectivity index (χ3v) is 5.06. The van der Waals surface area contributed by atoms with Crippen molar-refractivity contribution in [1.29, 1.82) is 0 Å². The third kappa shape index (κ3) is 4.05. The zero-order valence-corrected chi connectivity index (χ0v) is 14.3. The summed E-state index contributed by atoms with van der Waals surface area (Å²) in [6.45, 7) is 3.45. The Hall–Kier alpha value is -2.01. The molecule has 0 radical (unpaired) electrons. The van der Waals surface area contributed by atoms with E-state index >= 15 is 0 Å². The molecule has 1 aliphatic heterocycles. The summed E-state index contributed by atoms with van der Waals surface area (Å²) >= 11 is 1.66.